The number of hydrogen-bond donors (Lipinski definition) is 3. The summed E-state index contributed by atoms with van der Waals surface area (Å²) < 4.78 is 0. The van der Waals surface area contributed by atoms with Crippen LogP contribution in [0.2, 0.25) is 0 Å². The Hall–Kier alpha value is -3.61. The first kappa shape index (κ1) is 18.7. The highest BCUT2D eigenvalue weighted by Gasteiger charge is 2.34. The average molecular weight is 390 g/mol. The van der Waals surface area contributed by atoms with E-state index >= 15 is 0 Å². The van der Waals surface area contributed by atoms with Gasteiger partial charge in [-0.3, -0.25) is 14.4 Å². The van der Waals surface area contributed by atoms with E-state index in [0.29, 0.717) is 35.2 Å². The maximum Gasteiger partial charge on any atom is 0.250 e. The van der Waals surface area contributed by atoms with Crippen molar-refractivity contribution in [2.75, 3.05) is 11.9 Å². The number of primary amides is 1. The number of aromatic nitrogens is 1. The number of rotatable bonds is 5. The fourth-order valence-electron chi connectivity index (χ4n) is 3.67. The summed E-state index contributed by atoms with van der Waals surface area (Å²) in [7, 11) is 0. The standard InChI is InChI=1S/C22H22N4O3/c1-13-2-4-14(5-3-13)11-26-12-15(8-20(26)27)22(29)25-16-6-7-17-18(21(23)28)10-24-19(17)9-16/h2-7,9-10,15,24H,8,11-12H2,1H3,(H2,23,28)(H,25,29)/t15-/m0/s1. The number of hydrogen-bond acceptors (Lipinski definition) is 3. The summed E-state index contributed by atoms with van der Waals surface area (Å²) >= 11 is 0. The van der Waals surface area contributed by atoms with Crippen LogP contribution < -0.4 is 11.1 Å². The molecule has 148 valence electrons. The Morgan fingerprint density at radius 2 is 1.97 bits per heavy atom. The van der Waals surface area contributed by atoms with Gasteiger partial charge in [0, 0.05) is 42.3 Å². The molecule has 0 bridgehead atoms. The SMILES string of the molecule is Cc1ccc(CN2C[C@@H](C(=O)Nc3ccc4c(C(N)=O)c[nH]c4c3)CC2=O)cc1. The number of aryl methyl sites for hydroxylation is 1. The second kappa shape index (κ2) is 7.43. The highest BCUT2D eigenvalue weighted by Crippen LogP contribution is 2.25. The number of carbonyl (C=O) groups excluding carboxylic acids is 3. The van der Waals surface area contributed by atoms with Crippen LogP contribution in [0.3, 0.4) is 0 Å². The van der Waals surface area contributed by atoms with E-state index in [1.807, 2.05) is 31.2 Å². The van der Waals surface area contributed by atoms with Crippen LogP contribution >= 0.6 is 0 Å². The molecular formula is C22H22N4O3. The summed E-state index contributed by atoms with van der Waals surface area (Å²) in [6.45, 7) is 2.92. The molecule has 1 aliphatic rings. The van der Waals surface area contributed by atoms with Gasteiger partial charge in [-0.2, -0.15) is 0 Å². The Morgan fingerprint density at radius 3 is 2.69 bits per heavy atom. The van der Waals surface area contributed by atoms with E-state index in [2.05, 4.69) is 10.3 Å². The summed E-state index contributed by atoms with van der Waals surface area (Å²) in [4.78, 5) is 41.2. The van der Waals surface area contributed by atoms with Gasteiger partial charge in [0.15, 0.2) is 0 Å². The van der Waals surface area contributed by atoms with Crippen LogP contribution in [0.1, 0.15) is 27.9 Å². The summed E-state index contributed by atoms with van der Waals surface area (Å²) in [6, 6.07) is 13.2. The predicted molar refractivity (Wildman–Crippen MR) is 110 cm³/mol. The molecule has 2 heterocycles. The lowest BCUT2D eigenvalue weighted by molar-refractivity contribution is -0.128. The minimum atomic E-state index is -0.508. The van der Waals surface area contributed by atoms with E-state index < -0.39 is 11.8 Å². The van der Waals surface area contributed by atoms with E-state index in [1.54, 1.807) is 29.3 Å². The molecule has 1 aromatic heterocycles. The smallest absolute Gasteiger partial charge is 0.250 e. The molecule has 1 atom stereocenters. The first-order chi connectivity index (χ1) is 13.9. The van der Waals surface area contributed by atoms with Crippen LogP contribution in [0.15, 0.2) is 48.7 Å². The lowest BCUT2D eigenvalue weighted by atomic mass is 10.1. The van der Waals surface area contributed by atoms with Gasteiger partial charge in [0.25, 0.3) is 5.91 Å². The summed E-state index contributed by atoms with van der Waals surface area (Å²) in [6.07, 6.45) is 1.76. The van der Waals surface area contributed by atoms with Gasteiger partial charge >= 0.3 is 0 Å². The van der Waals surface area contributed by atoms with Gasteiger partial charge in [0.05, 0.1) is 11.5 Å². The predicted octanol–water partition coefficient (Wildman–Crippen LogP) is 2.56. The zero-order chi connectivity index (χ0) is 20.5. The van der Waals surface area contributed by atoms with Crippen LogP contribution in [0, 0.1) is 12.8 Å². The summed E-state index contributed by atoms with van der Waals surface area (Å²) in [5.41, 5.74) is 9.28. The summed E-state index contributed by atoms with van der Waals surface area (Å²) in [5.74, 6) is -1.11. The monoisotopic (exact) mass is 390 g/mol. The Kier molecular flexibility index (Phi) is 4.80. The number of fused-ring (bicyclic) bond motifs is 1. The molecule has 1 fully saturated rings. The van der Waals surface area contributed by atoms with Gasteiger partial charge in [-0.05, 0) is 30.7 Å². The topological polar surface area (TPSA) is 108 Å². The molecule has 0 unspecified atom stereocenters. The van der Waals surface area contributed by atoms with Crippen molar-refractivity contribution in [3.8, 4) is 0 Å². The number of nitrogens with one attached hydrogen (secondary N) is 2. The minimum absolute atomic E-state index is 0.0170. The van der Waals surface area contributed by atoms with Crippen molar-refractivity contribution in [3.63, 3.8) is 0 Å². The van der Waals surface area contributed by atoms with Crippen LogP contribution in [0.4, 0.5) is 5.69 Å². The van der Waals surface area contributed by atoms with Gasteiger partial charge < -0.3 is 20.9 Å². The zero-order valence-electron chi connectivity index (χ0n) is 16.1. The molecule has 7 heteroatoms. The molecule has 7 nitrogen and oxygen atoms in total. The third-order valence-corrected chi connectivity index (χ3v) is 5.29. The Labute approximate surface area is 167 Å². The Morgan fingerprint density at radius 1 is 1.21 bits per heavy atom. The molecular weight excluding hydrogens is 368 g/mol. The number of carbonyl (C=O) groups is 3. The Bertz CT molecular complexity index is 1100. The fraction of sp³-hybridized carbons (Fsp3) is 0.227. The van der Waals surface area contributed by atoms with Gasteiger partial charge in [-0.1, -0.05) is 29.8 Å². The van der Waals surface area contributed by atoms with Crippen molar-refractivity contribution in [1.82, 2.24) is 9.88 Å². The van der Waals surface area contributed by atoms with E-state index in [4.69, 9.17) is 5.73 Å². The van der Waals surface area contributed by atoms with Gasteiger partial charge in [-0.15, -0.1) is 0 Å². The number of nitrogens with zero attached hydrogens (tertiary/aromatic N) is 1. The van der Waals surface area contributed by atoms with E-state index in [0.717, 1.165) is 5.56 Å². The fourth-order valence-corrected chi connectivity index (χ4v) is 3.67. The highest BCUT2D eigenvalue weighted by molar-refractivity contribution is 6.07. The molecule has 1 aliphatic heterocycles. The minimum Gasteiger partial charge on any atom is -0.366 e. The molecule has 3 aromatic rings. The Balaban J connectivity index is 1.42. The maximum atomic E-state index is 12.7. The summed E-state index contributed by atoms with van der Waals surface area (Å²) in [5, 5.41) is 3.58. The van der Waals surface area contributed by atoms with Crippen molar-refractivity contribution >= 4 is 34.3 Å². The number of nitrogens with two attached hydrogens (primary N) is 1. The third-order valence-electron chi connectivity index (χ3n) is 5.29. The first-order valence-electron chi connectivity index (χ1n) is 9.46. The van der Waals surface area contributed by atoms with Gasteiger partial charge in [0.2, 0.25) is 11.8 Å². The van der Waals surface area contributed by atoms with Crippen molar-refractivity contribution in [3.05, 3.63) is 65.4 Å². The third kappa shape index (κ3) is 3.85. The number of H-pyrrole nitrogens is 1. The maximum absolute atomic E-state index is 12.7. The van der Waals surface area contributed by atoms with Crippen LogP contribution in [0.5, 0.6) is 0 Å². The van der Waals surface area contributed by atoms with Crippen molar-refractivity contribution in [1.29, 1.82) is 0 Å². The number of amides is 3. The lowest BCUT2D eigenvalue weighted by Crippen LogP contribution is -2.28. The molecule has 3 amide bonds. The molecule has 29 heavy (non-hydrogen) atoms. The normalized spacial score (nSPS) is 16.4. The molecule has 4 rings (SSSR count). The van der Waals surface area contributed by atoms with Crippen LogP contribution in [-0.2, 0) is 16.1 Å². The van der Waals surface area contributed by atoms with Gasteiger partial charge in [-0.25, -0.2) is 0 Å². The number of aromatic amines is 1. The highest BCUT2D eigenvalue weighted by atomic mass is 16.2. The van der Waals surface area contributed by atoms with Crippen molar-refractivity contribution in [2.45, 2.75) is 19.9 Å². The second-order valence-corrected chi connectivity index (χ2v) is 7.48. The molecule has 1 saturated heterocycles. The van der Waals surface area contributed by atoms with Crippen molar-refractivity contribution < 1.29 is 14.4 Å². The first-order valence-corrected chi connectivity index (χ1v) is 9.46. The molecule has 0 aliphatic carbocycles. The van der Waals surface area contributed by atoms with E-state index in [-0.39, 0.29) is 18.2 Å². The molecule has 2 aromatic carbocycles. The van der Waals surface area contributed by atoms with Gasteiger partial charge in [0.1, 0.15) is 0 Å². The number of likely N-dealkylation sites (tertiary alicyclic amines) is 1. The lowest BCUT2D eigenvalue weighted by Gasteiger charge is -2.17. The van der Waals surface area contributed by atoms with Crippen LogP contribution in [0.25, 0.3) is 10.9 Å². The van der Waals surface area contributed by atoms with Crippen molar-refractivity contribution in [2.24, 2.45) is 11.7 Å². The number of anilines is 1. The van der Waals surface area contributed by atoms with Crippen LogP contribution in [-0.4, -0.2) is 34.2 Å². The average Bonchev–Trinajstić information content (AvgIpc) is 3.27. The largest absolute Gasteiger partial charge is 0.366 e. The molecule has 4 N–H and O–H groups in total. The quantitative estimate of drug-likeness (QED) is 0.623. The number of benzene rings is 2. The molecule has 0 saturated carbocycles. The van der Waals surface area contributed by atoms with E-state index in [1.165, 1.54) is 5.56 Å². The zero-order valence-corrected chi connectivity index (χ0v) is 16.1. The molecule has 0 spiro atoms. The molecule has 0 radical (unpaired) electrons. The van der Waals surface area contributed by atoms with E-state index in [9.17, 15) is 14.4 Å². The second-order valence-electron chi connectivity index (χ2n) is 7.48.